The third-order valence-electron chi connectivity index (χ3n) is 3.41. The Morgan fingerprint density at radius 2 is 2.26 bits per heavy atom. The fourth-order valence-corrected chi connectivity index (χ4v) is 3.08. The first-order valence-electron chi connectivity index (χ1n) is 6.60. The maximum absolute atomic E-state index is 12.1. The van der Waals surface area contributed by atoms with Gasteiger partial charge in [0.25, 0.3) is 5.91 Å². The Balaban J connectivity index is 1.95. The topological polar surface area (TPSA) is 49.4 Å². The summed E-state index contributed by atoms with van der Waals surface area (Å²) in [5, 5.41) is 4.92. The molecule has 1 aliphatic rings. The van der Waals surface area contributed by atoms with Gasteiger partial charge in [-0.1, -0.05) is 13.8 Å². The molecule has 0 spiro atoms. The lowest BCUT2D eigenvalue weighted by atomic mass is 10.1. The van der Waals surface area contributed by atoms with Crippen LogP contribution in [0.2, 0.25) is 0 Å². The molecule has 0 radical (unpaired) electrons. The number of amides is 2. The lowest BCUT2D eigenvalue weighted by Gasteiger charge is -2.30. The smallest absolute Gasteiger partial charge is 0.252 e. The molecule has 1 aromatic rings. The summed E-state index contributed by atoms with van der Waals surface area (Å²) in [5.74, 6) is 0.573. The molecule has 19 heavy (non-hydrogen) atoms. The van der Waals surface area contributed by atoms with Gasteiger partial charge in [0.2, 0.25) is 5.91 Å². The van der Waals surface area contributed by atoms with Crippen LogP contribution in [-0.4, -0.2) is 36.3 Å². The van der Waals surface area contributed by atoms with Gasteiger partial charge in [0.05, 0.1) is 5.56 Å². The molecule has 1 atom stereocenters. The van der Waals surface area contributed by atoms with Crippen LogP contribution in [0.25, 0.3) is 0 Å². The summed E-state index contributed by atoms with van der Waals surface area (Å²) in [4.78, 5) is 26.4. The predicted molar refractivity (Wildman–Crippen MR) is 76.5 cm³/mol. The van der Waals surface area contributed by atoms with Gasteiger partial charge in [-0.3, -0.25) is 9.59 Å². The largest absolute Gasteiger partial charge is 0.347 e. The molecular weight excluding hydrogens is 260 g/mol. The molecule has 4 nitrogen and oxygen atoms in total. The first-order valence-corrected chi connectivity index (χ1v) is 7.48. The highest BCUT2D eigenvalue weighted by Gasteiger charge is 2.24. The van der Waals surface area contributed by atoms with Crippen molar-refractivity contribution in [3.63, 3.8) is 0 Å². The first-order chi connectivity index (χ1) is 8.97. The lowest BCUT2D eigenvalue weighted by molar-refractivity contribution is -0.132. The van der Waals surface area contributed by atoms with Crippen LogP contribution in [0, 0.1) is 0 Å². The Hall–Kier alpha value is -1.36. The number of nitrogens with zero attached hydrogens (tertiary/aromatic N) is 1. The minimum atomic E-state index is -0.0316. The standard InChI is InChI=1S/C14H20N2O2S/c1-9(2)12-6-10(8-19-12)14(18)15-11-4-5-13(17)16(3)7-11/h6,8-9,11H,4-5,7H2,1-3H3,(H,15,18). The van der Waals surface area contributed by atoms with Crippen molar-refractivity contribution < 1.29 is 9.59 Å². The number of carbonyl (C=O) groups is 2. The van der Waals surface area contributed by atoms with E-state index in [1.54, 1.807) is 23.3 Å². The summed E-state index contributed by atoms with van der Waals surface area (Å²) in [6.45, 7) is 4.84. The first kappa shape index (κ1) is 14.1. The minimum absolute atomic E-state index is 0.0316. The number of thiophene rings is 1. The number of piperidine rings is 1. The van der Waals surface area contributed by atoms with E-state index in [9.17, 15) is 9.59 Å². The lowest BCUT2D eigenvalue weighted by Crippen LogP contribution is -2.48. The molecule has 1 aromatic heterocycles. The van der Waals surface area contributed by atoms with E-state index in [-0.39, 0.29) is 17.9 Å². The highest BCUT2D eigenvalue weighted by molar-refractivity contribution is 7.10. The maximum atomic E-state index is 12.1. The molecule has 1 unspecified atom stereocenters. The van der Waals surface area contributed by atoms with Crippen molar-refractivity contribution in [3.05, 3.63) is 21.9 Å². The van der Waals surface area contributed by atoms with E-state index in [2.05, 4.69) is 19.2 Å². The molecular formula is C14H20N2O2S. The fraction of sp³-hybridized carbons (Fsp3) is 0.571. The van der Waals surface area contributed by atoms with Gasteiger partial charge in [0, 0.05) is 36.3 Å². The summed E-state index contributed by atoms with van der Waals surface area (Å²) in [5.41, 5.74) is 0.730. The molecule has 0 aromatic carbocycles. The van der Waals surface area contributed by atoms with Crippen molar-refractivity contribution in [2.75, 3.05) is 13.6 Å². The Labute approximate surface area is 117 Å². The molecule has 104 valence electrons. The van der Waals surface area contributed by atoms with Gasteiger partial charge >= 0.3 is 0 Å². The number of hydrogen-bond donors (Lipinski definition) is 1. The van der Waals surface area contributed by atoms with Crippen LogP contribution in [0.3, 0.4) is 0 Å². The summed E-state index contributed by atoms with van der Waals surface area (Å²) in [6.07, 6.45) is 1.25. The van der Waals surface area contributed by atoms with Gasteiger partial charge in [-0.2, -0.15) is 0 Å². The summed E-state index contributed by atoms with van der Waals surface area (Å²) >= 11 is 1.62. The molecule has 2 heterocycles. The Morgan fingerprint density at radius 1 is 1.53 bits per heavy atom. The second-order valence-electron chi connectivity index (χ2n) is 5.38. The molecule has 2 rings (SSSR count). The molecule has 2 amide bonds. The Morgan fingerprint density at radius 3 is 2.84 bits per heavy atom. The van der Waals surface area contributed by atoms with Crippen molar-refractivity contribution in [1.29, 1.82) is 0 Å². The average molecular weight is 280 g/mol. The van der Waals surface area contributed by atoms with Crippen LogP contribution in [0.5, 0.6) is 0 Å². The van der Waals surface area contributed by atoms with Gasteiger partial charge in [-0.25, -0.2) is 0 Å². The van der Waals surface area contributed by atoms with E-state index in [4.69, 9.17) is 0 Å². The van der Waals surface area contributed by atoms with Crippen LogP contribution in [0.1, 0.15) is 47.8 Å². The van der Waals surface area contributed by atoms with Gasteiger partial charge in [-0.05, 0) is 18.4 Å². The van der Waals surface area contributed by atoms with Crippen molar-refractivity contribution >= 4 is 23.2 Å². The molecule has 1 aliphatic heterocycles. The second kappa shape index (κ2) is 5.74. The van der Waals surface area contributed by atoms with Crippen molar-refractivity contribution in [2.24, 2.45) is 0 Å². The minimum Gasteiger partial charge on any atom is -0.347 e. The highest BCUT2D eigenvalue weighted by Crippen LogP contribution is 2.23. The number of likely N-dealkylation sites (tertiary alicyclic amines) is 1. The SMILES string of the molecule is CC(C)c1cc(C(=O)NC2CCC(=O)N(C)C2)cs1. The van der Waals surface area contributed by atoms with E-state index in [1.165, 1.54) is 4.88 Å². The molecule has 0 saturated carbocycles. The molecule has 1 saturated heterocycles. The maximum Gasteiger partial charge on any atom is 0.252 e. The van der Waals surface area contributed by atoms with Gasteiger partial charge in [0.1, 0.15) is 0 Å². The summed E-state index contributed by atoms with van der Waals surface area (Å²) in [7, 11) is 1.78. The van der Waals surface area contributed by atoms with Crippen molar-refractivity contribution in [2.45, 2.75) is 38.6 Å². The van der Waals surface area contributed by atoms with Crippen LogP contribution in [0.15, 0.2) is 11.4 Å². The predicted octanol–water partition coefficient (Wildman–Crippen LogP) is 2.22. The zero-order chi connectivity index (χ0) is 14.0. The zero-order valence-electron chi connectivity index (χ0n) is 11.6. The van der Waals surface area contributed by atoms with Gasteiger partial charge in [-0.15, -0.1) is 11.3 Å². The molecule has 5 heteroatoms. The average Bonchev–Trinajstić information content (AvgIpc) is 2.83. The highest BCUT2D eigenvalue weighted by atomic mass is 32.1. The second-order valence-corrected chi connectivity index (χ2v) is 6.32. The fourth-order valence-electron chi connectivity index (χ4n) is 2.17. The van der Waals surface area contributed by atoms with Crippen LogP contribution < -0.4 is 5.32 Å². The number of rotatable bonds is 3. The third kappa shape index (κ3) is 3.35. The summed E-state index contributed by atoms with van der Waals surface area (Å²) < 4.78 is 0. The number of carbonyl (C=O) groups excluding carboxylic acids is 2. The van der Waals surface area contributed by atoms with E-state index >= 15 is 0 Å². The Kier molecular flexibility index (Phi) is 4.24. The van der Waals surface area contributed by atoms with E-state index in [0.29, 0.717) is 18.9 Å². The summed E-state index contributed by atoms with van der Waals surface area (Å²) in [6, 6.07) is 2.03. The van der Waals surface area contributed by atoms with Crippen LogP contribution in [-0.2, 0) is 4.79 Å². The molecule has 1 fully saturated rings. The molecule has 0 bridgehead atoms. The number of nitrogens with one attached hydrogen (secondary N) is 1. The molecule has 1 N–H and O–H groups in total. The van der Waals surface area contributed by atoms with Crippen LogP contribution in [0.4, 0.5) is 0 Å². The van der Waals surface area contributed by atoms with Crippen molar-refractivity contribution in [1.82, 2.24) is 10.2 Å². The van der Waals surface area contributed by atoms with E-state index in [0.717, 1.165) is 12.0 Å². The number of hydrogen-bond acceptors (Lipinski definition) is 3. The normalized spacial score (nSPS) is 19.9. The monoisotopic (exact) mass is 280 g/mol. The van der Waals surface area contributed by atoms with Crippen molar-refractivity contribution in [3.8, 4) is 0 Å². The third-order valence-corrected chi connectivity index (χ3v) is 4.65. The van der Waals surface area contributed by atoms with E-state index < -0.39 is 0 Å². The zero-order valence-corrected chi connectivity index (χ0v) is 12.4. The Bertz CT molecular complexity index is 482. The van der Waals surface area contributed by atoms with Gasteiger partial charge in [0.15, 0.2) is 0 Å². The quantitative estimate of drug-likeness (QED) is 0.923. The van der Waals surface area contributed by atoms with Crippen LogP contribution >= 0.6 is 11.3 Å². The van der Waals surface area contributed by atoms with E-state index in [1.807, 2.05) is 11.4 Å². The van der Waals surface area contributed by atoms with Gasteiger partial charge < -0.3 is 10.2 Å². The molecule has 0 aliphatic carbocycles. The number of likely N-dealkylation sites (N-methyl/N-ethyl adjacent to an activating group) is 1.